The number of rotatable bonds is 0. The van der Waals surface area contributed by atoms with Gasteiger partial charge in [-0.3, -0.25) is 0 Å². The normalized spacial score (nSPS) is 11.5. The van der Waals surface area contributed by atoms with Crippen molar-refractivity contribution in [3.63, 3.8) is 0 Å². The number of hydrogen-bond acceptors (Lipinski definition) is 2. The van der Waals surface area contributed by atoms with Gasteiger partial charge in [-0.25, -0.2) is 9.97 Å². The van der Waals surface area contributed by atoms with Crippen molar-refractivity contribution in [1.82, 2.24) is 15.0 Å². The van der Waals surface area contributed by atoms with Gasteiger partial charge < -0.3 is 4.98 Å². The van der Waals surface area contributed by atoms with Gasteiger partial charge in [0.25, 0.3) is 0 Å². The molecule has 0 saturated carbocycles. The van der Waals surface area contributed by atoms with E-state index in [-0.39, 0.29) is 0 Å². The van der Waals surface area contributed by atoms with Crippen LogP contribution in [0.25, 0.3) is 33.0 Å². The van der Waals surface area contributed by atoms with Crippen molar-refractivity contribution in [3.8, 4) is 0 Å². The fourth-order valence-electron chi connectivity index (χ4n) is 2.24. The second-order valence-electron chi connectivity index (χ2n) is 4.10. The Hall–Kier alpha value is -2.42. The molecular weight excluding hydrogens is 210 g/mol. The summed E-state index contributed by atoms with van der Waals surface area (Å²) >= 11 is 0. The van der Waals surface area contributed by atoms with Crippen LogP contribution in [0.4, 0.5) is 0 Å². The van der Waals surface area contributed by atoms with E-state index in [1.807, 2.05) is 30.5 Å². The minimum absolute atomic E-state index is 0.807. The largest absolute Gasteiger partial charge is 0.346 e. The van der Waals surface area contributed by atoms with Gasteiger partial charge in [0.15, 0.2) is 5.65 Å². The van der Waals surface area contributed by atoms with Crippen LogP contribution in [0.2, 0.25) is 0 Å². The molecule has 0 unspecified atom stereocenters. The molecule has 3 aromatic heterocycles. The maximum absolute atomic E-state index is 4.55. The van der Waals surface area contributed by atoms with Gasteiger partial charge >= 0.3 is 0 Å². The molecule has 17 heavy (non-hydrogen) atoms. The molecule has 0 fully saturated rings. The fraction of sp³-hybridized carbons (Fsp3) is 0. The van der Waals surface area contributed by atoms with Crippen molar-refractivity contribution in [3.05, 3.63) is 48.7 Å². The highest BCUT2D eigenvalue weighted by Gasteiger charge is 2.07. The van der Waals surface area contributed by atoms with Gasteiger partial charge in [-0.05, 0) is 24.3 Å². The highest BCUT2D eigenvalue weighted by Crippen LogP contribution is 2.26. The molecule has 0 aliphatic rings. The molecule has 1 N–H and O–H groups in total. The third kappa shape index (κ3) is 1.16. The Bertz CT molecular complexity index is 840. The van der Waals surface area contributed by atoms with Gasteiger partial charge in [-0.1, -0.05) is 18.2 Å². The highest BCUT2D eigenvalue weighted by molar-refractivity contribution is 6.08. The van der Waals surface area contributed by atoms with Gasteiger partial charge in [-0.15, -0.1) is 0 Å². The topological polar surface area (TPSA) is 41.6 Å². The lowest BCUT2D eigenvalue weighted by molar-refractivity contribution is 1.30. The summed E-state index contributed by atoms with van der Waals surface area (Å²) in [6, 6.07) is 14.3. The monoisotopic (exact) mass is 219 g/mol. The number of aromatic amines is 1. The van der Waals surface area contributed by atoms with Crippen LogP contribution >= 0.6 is 0 Å². The standard InChI is InChI=1S/C14H9N3/c1-2-6-12-10(5-1)11-8-9-4-3-7-15-13(9)17-14(11)16-12/h1-8H,(H,15,16,17). The van der Waals surface area contributed by atoms with Gasteiger partial charge in [0.05, 0.1) is 5.52 Å². The maximum atomic E-state index is 4.55. The summed E-state index contributed by atoms with van der Waals surface area (Å²) in [4.78, 5) is 12.2. The smallest absolute Gasteiger partial charge is 0.162 e. The van der Waals surface area contributed by atoms with Gasteiger partial charge in [-0.2, -0.15) is 0 Å². The number of fused-ring (bicyclic) bond motifs is 4. The van der Waals surface area contributed by atoms with E-state index in [4.69, 9.17) is 0 Å². The molecule has 0 atom stereocenters. The van der Waals surface area contributed by atoms with Crippen LogP contribution in [0.15, 0.2) is 48.7 Å². The van der Waals surface area contributed by atoms with E-state index in [2.05, 4.69) is 33.2 Å². The van der Waals surface area contributed by atoms with Crippen molar-refractivity contribution >= 4 is 33.0 Å². The zero-order valence-electron chi connectivity index (χ0n) is 9.01. The summed E-state index contributed by atoms with van der Waals surface area (Å²) in [5.74, 6) is 0. The van der Waals surface area contributed by atoms with Crippen LogP contribution in [0.1, 0.15) is 0 Å². The molecule has 80 valence electrons. The molecule has 1 aromatic carbocycles. The lowest BCUT2D eigenvalue weighted by Crippen LogP contribution is -1.83. The van der Waals surface area contributed by atoms with Gasteiger partial charge in [0.1, 0.15) is 5.65 Å². The molecular formula is C14H9N3. The van der Waals surface area contributed by atoms with Crippen LogP contribution in [-0.2, 0) is 0 Å². The van der Waals surface area contributed by atoms with Crippen molar-refractivity contribution in [2.45, 2.75) is 0 Å². The summed E-state index contributed by atoms with van der Waals surface area (Å²) in [6.07, 6.45) is 1.88. The molecule has 0 aliphatic heterocycles. The zero-order valence-corrected chi connectivity index (χ0v) is 9.01. The Labute approximate surface area is 97.1 Å². The molecule has 3 heterocycles. The van der Waals surface area contributed by atoms with E-state index in [1.165, 1.54) is 5.39 Å². The van der Waals surface area contributed by atoms with E-state index in [1.54, 1.807) is 0 Å². The van der Waals surface area contributed by atoms with Gasteiger partial charge in [0, 0.05) is 22.4 Å². The molecule has 0 spiro atoms. The second kappa shape index (κ2) is 3.04. The quantitative estimate of drug-likeness (QED) is 0.493. The molecule has 0 bridgehead atoms. The number of hydrogen-bond donors (Lipinski definition) is 1. The lowest BCUT2D eigenvalue weighted by Gasteiger charge is -1.96. The number of aromatic nitrogens is 3. The summed E-state index contributed by atoms with van der Waals surface area (Å²) in [5, 5.41) is 3.40. The average Bonchev–Trinajstić information content (AvgIpc) is 2.73. The van der Waals surface area contributed by atoms with Crippen LogP contribution in [0.3, 0.4) is 0 Å². The molecule has 4 rings (SSSR count). The molecule has 4 aromatic rings. The number of para-hydroxylation sites is 1. The van der Waals surface area contributed by atoms with E-state index in [0.717, 1.165) is 27.6 Å². The summed E-state index contributed by atoms with van der Waals surface area (Å²) in [6.45, 7) is 0. The molecule has 3 heteroatoms. The fourth-order valence-corrected chi connectivity index (χ4v) is 2.24. The first kappa shape index (κ1) is 8.70. The Morgan fingerprint density at radius 2 is 1.82 bits per heavy atom. The van der Waals surface area contributed by atoms with Crippen LogP contribution in [-0.4, -0.2) is 15.0 Å². The summed E-state index contributed by atoms with van der Waals surface area (Å²) in [7, 11) is 0. The molecule has 0 amide bonds. The SMILES string of the molecule is c1c[nH]c2nc3nc4ccccc4c3cc2c1. The van der Waals surface area contributed by atoms with Crippen molar-refractivity contribution in [1.29, 1.82) is 0 Å². The Morgan fingerprint density at radius 1 is 0.882 bits per heavy atom. The average molecular weight is 219 g/mol. The second-order valence-corrected chi connectivity index (χ2v) is 4.10. The first-order chi connectivity index (χ1) is 8.42. The molecule has 0 aliphatic carbocycles. The number of nitrogens with zero attached hydrogens (tertiary/aromatic N) is 2. The number of benzene rings is 1. The van der Waals surface area contributed by atoms with Gasteiger partial charge in [0.2, 0.25) is 0 Å². The maximum Gasteiger partial charge on any atom is 0.162 e. The summed E-state index contributed by atoms with van der Waals surface area (Å²) in [5.41, 5.74) is 2.69. The van der Waals surface area contributed by atoms with Crippen LogP contribution < -0.4 is 0 Å². The zero-order chi connectivity index (χ0) is 11.2. The number of pyridine rings is 2. The lowest BCUT2D eigenvalue weighted by atomic mass is 10.1. The Morgan fingerprint density at radius 3 is 2.82 bits per heavy atom. The third-order valence-corrected chi connectivity index (χ3v) is 3.04. The number of H-pyrrole nitrogens is 1. The molecule has 0 saturated heterocycles. The predicted octanol–water partition coefficient (Wildman–Crippen LogP) is 3.26. The van der Waals surface area contributed by atoms with Crippen LogP contribution in [0.5, 0.6) is 0 Å². The van der Waals surface area contributed by atoms with E-state index in [0.29, 0.717) is 0 Å². The predicted molar refractivity (Wildman–Crippen MR) is 68.9 cm³/mol. The summed E-state index contributed by atoms with van der Waals surface area (Å²) < 4.78 is 0. The van der Waals surface area contributed by atoms with Crippen molar-refractivity contribution in [2.75, 3.05) is 0 Å². The highest BCUT2D eigenvalue weighted by atomic mass is 14.9. The van der Waals surface area contributed by atoms with Crippen molar-refractivity contribution < 1.29 is 0 Å². The van der Waals surface area contributed by atoms with E-state index >= 15 is 0 Å². The number of nitrogens with one attached hydrogen (secondary N) is 1. The van der Waals surface area contributed by atoms with Crippen molar-refractivity contribution in [2.24, 2.45) is 0 Å². The molecule has 0 radical (unpaired) electrons. The minimum Gasteiger partial charge on any atom is -0.346 e. The Kier molecular flexibility index (Phi) is 1.56. The first-order valence-electron chi connectivity index (χ1n) is 5.54. The van der Waals surface area contributed by atoms with E-state index < -0.39 is 0 Å². The third-order valence-electron chi connectivity index (χ3n) is 3.04. The minimum atomic E-state index is 0.807. The first-order valence-corrected chi connectivity index (χ1v) is 5.54. The Balaban J connectivity index is 2.28. The molecule has 3 nitrogen and oxygen atoms in total. The van der Waals surface area contributed by atoms with Crippen LogP contribution in [0, 0.1) is 0 Å². The van der Waals surface area contributed by atoms with E-state index in [9.17, 15) is 0 Å².